The van der Waals surface area contributed by atoms with Gasteiger partial charge in [0.25, 0.3) is 0 Å². The van der Waals surface area contributed by atoms with Gasteiger partial charge in [0.15, 0.2) is 0 Å². The first-order valence-electron chi connectivity index (χ1n) is 9.61. The summed E-state index contributed by atoms with van der Waals surface area (Å²) < 4.78 is 5.31. The lowest BCUT2D eigenvalue weighted by atomic mass is 10.0. The summed E-state index contributed by atoms with van der Waals surface area (Å²) in [5.74, 6) is 0.203. The summed E-state index contributed by atoms with van der Waals surface area (Å²) in [6, 6.07) is 15.8. The first kappa shape index (κ1) is 20.0. The monoisotopic (exact) mass is 392 g/mol. The molecule has 0 fully saturated rings. The molecule has 0 spiro atoms. The highest BCUT2D eigenvalue weighted by Crippen LogP contribution is 2.28. The first-order chi connectivity index (χ1) is 13.7. The van der Waals surface area contributed by atoms with E-state index in [0.29, 0.717) is 5.75 Å². The Morgan fingerprint density at radius 1 is 0.929 bits per heavy atom. The zero-order valence-electron chi connectivity index (χ0n) is 16.2. The van der Waals surface area contributed by atoms with Gasteiger partial charge < -0.3 is 4.74 Å². The Balaban J connectivity index is 1.65. The molecule has 0 amide bonds. The normalized spacial score (nSPS) is 11.1. The Hall–Kier alpha value is -2.79. The molecule has 0 saturated carbocycles. The third kappa shape index (κ3) is 5.36. The molecule has 4 nitrogen and oxygen atoms in total. The van der Waals surface area contributed by atoms with E-state index in [0.717, 1.165) is 52.4 Å². The fourth-order valence-corrected chi connectivity index (χ4v) is 3.65. The van der Waals surface area contributed by atoms with Crippen LogP contribution in [-0.4, -0.2) is 16.2 Å². The van der Waals surface area contributed by atoms with Crippen molar-refractivity contribution < 1.29 is 9.53 Å². The average Bonchev–Trinajstić information content (AvgIpc) is 3.18. The molecule has 0 N–H and O–H groups in total. The van der Waals surface area contributed by atoms with Crippen LogP contribution in [0.1, 0.15) is 38.1 Å². The summed E-state index contributed by atoms with van der Waals surface area (Å²) in [5, 5.41) is 10.6. The lowest BCUT2D eigenvalue weighted by molar-refractivity contribution is -0.129. The van der Waals surface area contributed by atoms with E-state index in [2.05, 4.69) is 48.3 Å². The van der Waals surface area contributed by atoms with E-state index in [1.165, 1.54) is 6.08 Å². The van der Waals surface area contributed by atoms with E-state index in [1.807, 2.05) is 30.3 Å². The van der Waals surface area contributed by atoms with Crippen LogP contribution in [0.25, 0.3) is 21.7 Å². The van der Waals surface area contributed by atoms with E-state index in [1.54, 1.807) is 11.3 Å². The van der Waals surface area contributed by atoms with Crippen LogP contribution >= 0.6 is 11.3 Å². The number of hydrogen-bond donors (Lipinski definition) is 0. The Labute approximate surface area is 169 Å². The van der Waals surface area contributed by atoms with E-state index in [-0.39, 0.29) is 5.97 Å². The minimum Gasteiger partial charge on any atom is -0.423 e. The molecule has 0 saturated heterocycles. The van der Waals surface area contributed by atoms with Crippen molar-refractivity contribution in [2.75, 3.05) is 0 Å². The molecule has 1 heterocycles. The molecule has 2 aromatic carbocycles. The summed E-state index contributed by atoms with van der Waals surface area (Å²) in [5.41, 5.74) is 3.24. The van der Waals surface area contributed by atoms with Gasteiger partial charge in [0.1, 0.15) is 15.8 Å². The second-order valence-corrected chi connectivity index (χ2v) is 7.53. The maximum absolute atomic E-state index is 11.7. The van der Waals surface area contributed by atoms with Crippen molar-refractivity contribution >= 4 is 17.3 Å². The Morgan fingerprint density at radius 2 is 1.57 bits per heavy atom. The molecule has 0 aliphatic carbocycles. The highest BCUT2D eigenvalue weighted by molar-refractivity contribution is 7.14. The van der Waals surface area contributed by atoms with E-state index in [4.69, 9.17) is 4.74 Å². The first-order valence-corrected chi connectivity index (χ1v) is 10.4. The van der Waals surface area contributed by atoms with Crippen LogP contribution in [0.5, 0.6) is 5.75 Å². The summed E-state index contributed by atoms with van der Waals surface area (Å²) in [6.07, 6.45) is 7.25. The summed E-state index contributed by atoms with van der Waals surface area (Å²) >= 11 is 1.65. The van der Waals surface area contributed by atoms with Gasteiger partial charge in [0, 0.05) is 18.1 Å². The van der Waals surface area contributed by atoms with Crippen LogP contribution in [0.4, 0.5) is 0 Å². The highest BCUT2D eigenvalue weighted by Gasteiger charge is 2.07. The molecule has 1 aromatic heterocycles. The van der Waals surface area contributed by atoms with Crippen LogP contribution in [0.3, 0.4) is 0 Å². The zero-order chi connectivity index (χ0) is 19.8. The SMILES string of the molecule is CCCC=CC(=O)Oc1ccc(-c2ccc(-c3nnc(CCC)s3)cc2)cc1. The Morgan fingerprint density at radius 3 is 2.21 bits per heavy atom. The van der Waals surface area contributed by atoms with Gasteiger partial charge in [-0.3, -0.25) is 0 Å². The molecule has 144 valence electrons. The largest absolute Gasteiger partial charge is 0.423 e. The molecular formula is C23H24N2O2S. The predicted octanol–water partition coefficient (Wildman–Crippen LogP) is 6.09. The van der Waals surface area contributed by atoms with Gasteiger partial charge in [-0.25, -0.2) is 4.79 Å². The predicted molar refractivity (Wildman–Crippen MR) is 114 cm³/mol. The number of hydrogen-bond acceptors (Lipinski definition) is 5. The summed E-state index contributed by atoms with van der Waals surface area (Å²) in [4.78, 5) is 11.7. The topological polar surface area (TPSA) is 52.1 Å². The number of carbonyl (C=O) groups is 1. The maximum atomic E-state index is 11.7. The molecule has 0 unspecified atom stereocenters. The lowest BCUT2D eigenvalue weighted by Crippen LogP contribution is -2.03. The van der Waals surface area contributed by atoms with Crippen molar-refractivity contribution in [1.82, 2.24) is 10.2 Å². The van der Waals surface area contributed by atoms with E-state index in [9.17, 15) is 4.79 Å². The van der Waals surface area contributed by atoms with Gasteiger partial charge in [0.2, 0.25) is 0 Å². The number of aromatic nitrogens is 2. The van der Waals surface area contributed by atoms with E-state index >= 15 is 0 Å². The quantitative estimate of drug-likeness (QED) is 0.265. The molecule has 3 rings (SSSR count). The Kier molecular flexibility index (Phi) is 7.09. The van der Waals surface area contributed by atoms with Crippen molar-refractivity contribution in [2.45, 2.75) is 39.5 Å². The molecule has 0 atom stereocenters. The number of ether oxygens (including phenoxy) is 1. The number of carbonyl (C=O) groups excluding carboxylic acids is 1. The van der Waals surface area contributed by atoms with Gasteiger partial charge in [-0.1, -0.05) is 74.1 Å². The minimum atomic E-state index is -0.343. The number of nitrogens with zero attached hydrogens (tertiary/aromatic N) is 2. The number of allylic oxidation sites excluding steroid dienone is 1. The maximum Gasteiger partial charge on any atom is 0.335 e. The van der Waals surface area contributed by atoms with Gasteiger partial charge in [-0.05, 0) is 36.1 Å². The fourth-order valence-electron chi connectivity index (χ4n) is 2.70. The molecule has 5 heteroatoms. The lowest BCUT2D eigenvalue weighted by Gasteiger charge is -2.05. The highest BCUT2D eigenvalue weighted by atomic mass is 32.1. The van der Waals surface area contributed by atoms with Crippen molar-refractivity contribution in [3.63, 3.8) is 0 Å². The van der Waals surface area contributed by atoms with Crippen LogP contribution in [-0.2, 0) is 11.2 Å². The van der Waals surface area contributed by atoms with Gasteiger partial charge in [0.05, 0.1) is 0 Å². The molecule has 0 radical (unpaired) electrons. The third-order valence-electron chi connectivity index (χ3n) is 4.18. The fraction of sp³-hybridized carbons (Fsp3) is 0.261. The molecule has 3 aromatic rings. The second kappa shape index (κ2) is 9.95. The van der Waals surface area contributed by atoms with E-state index < -0.39 is 0 Å². The molecule has 0 aliphatic rings. The van der Waals surface area contributed by atoms with Crippen molar-refractivity contribution in [2.24, 2.45) is 0 Å². The standard InChI is InChI=1S/C23H24N2O2S/c1-3-5-6-8-22(26)27-20-15-13-18(14-16-20)17-9-11-19(12-10-17)23-25-24-21(28-23)7-4-2/h6,8-16H,3-5,7H2,1-2H3. The van der Waals surface area contributed by atoms with Gasteiger partial charge in [-0.2, -0.15) is 0 Å². The zero-order valence-corrected chi connectivity index (χ0v) is 17.0. The van der Waals surface area contributed by atoms with Gasteiger partial charge in [-0.15, -0.1) is 10.2 Å². The number of benzene rings is 2. The third-order valence-corrected chi connectivity index (χ3v) is 5.21. The number of esters is 1. The molecular weight excluding hydrogens is 368 g/mol. The van der Waals surface area contributed by atoms with Crippen LogP contribution in [0.15, 0.2) is 60.7 Å². The molecule has 28 heavy (non-hydrogen) atoms. The van der Waals surface area contributed by atoms with Gasteiger partial charge >= 0.3 is 5.97 Å². The molecule has 0 aliphatic heterocycles. The molecule has 0 bridgehead atoms. The number of unbranched alkanes of at least 4 members (excludes halogenated alkanes) is 1. The number of aryl methyl sites for hydroxylation is 1. The van der Waals surface area contributed by atoms with Crippen LogP contribution < -0.4 is 4.74 Å². The van der Waals surface area contributed by atoms with Crippen LogP contribution in [0, 0.1) is 0 Å². The minimum absolute atomic E-state index is 0.343. The summed E-state index contributed by atoms with van der Waals surface area (Å²) in [6.45, 7) is 4.21. The smallest absolute Gasteiger partial charge is 0.335 e. The van der Waals surface area contributed by atoms with Crippen molar-refractivity contribution in [1.29, 1.82) is 0 Å². The second-order valence-electron chi connectivity index (χ2n) is 6.46. The number of rotatable bonds is 8. The Bertz CT molecular complexity index is 928. The van der Waals surface area contributed by atoms with Crippen molar-refractivity contribution in [3.05, 3.63) is 65.7 Å². The summed E-state index contributed by atoms with van der Waals surface area (Å²) in [7, 11) is 0. The average molecular weight is 393 g/mol. The van der Waals surface area contributed by atoms with Crippen molar-refractivity contribution in [3.8, 4) is 27.4 Å². The van der Waals surface area contributed by atoms with Crippen LogP contribution in [0.2, 0.25) is 0 Å².